The number of allylic oxidation sites excluding steroid dienone is 1. The second kappa shape index (κ2) is 10.6. The molecule has 4 heterocycles. The molecule has 1 aromatic carbocycles. The summed E-state index contributed by atoms with van der Waals surface area (Å²) in [4.78, 5) is 22.8. The third kappa shape index (κ3) is 5.37. The van der Waals surface area contributed by atoms with Gasteiger partial charge in [-0.1, -0.05) is 6.58 Å². The third-order valence-electron chi connectivity index (χ3n) is 5.96. The van der Waals surface area contributed by atoms with Crippen LogP contribution in [-0.2, 0) is 11.8 Å². The molecule has 1 amide bonds. The topological polar surface area (TPSA) is 94.4 Å². The van der Waals surface area contributed by atoms with Gasteiger partial charge in [0.15, 0.2) is 17.4 Å². The number of aryl methyl sites for hydroxylation is 2. The van der Waals surface area contributed by atoms with Crippen molar-refractivity contribution in [3.63, 3.8) is 0 Å². The van der Waals surface area contributed by atoms with Gasteiger partial charge in [0.05, 0.1) is 32.3 Å². The summed E-state index contributed by atoms with van der Waals surface area (Å²) in [5.74, 6) is 1.36. The first kappa shape index (κ1) is 24.9. The summed E-state index contributed by atoms with van der Waals surface area (Å²) in [5, 5.41) is 7.18. The summed E-state index contributed by atoms with van der Waals surface area (Å²) >= 11 is 0. The van der Waals surface area contributed by atoms with Crippen molar-refractivity contribution in [3.05, 3.63) is 66.1 Å². The largest absolute Gasteiger partial charge is 0.497 e. The Morgan fingerprint density at radius 1 is 1.22 bits per heavy atom. The fourth-order valence-electron chi connectivity index (χ4n) is 4.01. The second-order valence-electron chi connectivity index (χ2n) is 8.57. The number of rotatable bonds is 5. The van der Waals surface area contributed by atoms with Gasteiger partial charge in [0.25, 0.3) is 0 Å². The number of anilines is 1. The van der Waals surface area contributed by atoms with Crippen LogP contribution in [0.5, 0.6) is 11.5 Å². The highest BCUT2D eigenvalue weighted by atomic mass is 19.1. The lowest BCUT2D eigenvalue weighted by molar-refractivity contribution is -0.119. The number of ether oxygens (including phenoxy) is 2. The Kier molecular flexibility index (Phi) is 7.33. The number of fused-ring (bicyclic) bond motifs is 1. The normalized spacial score (nSPS) is 16.2. The molecule has 36 heavy (non-hydrogen) atoms. The molecule has 188 valence electrons. The third-order valence-corrected chi connectivity index (χ3v) is 5.96. The number of hydrogen-bond donors (Lipinski definition) is 1. The molecule has 1 fully saturated rings. The quantitative estimate of drug-likeness (QED) is 0.581. The van der Waals surface area contributed by atoms with E-state index in [0.717, 1.165) is 34.9 Å². The monoisotopic (exact) mass is 492 g/mol. The van der Waals surface area contributed by atoms with Crippen LogP contribution in [0.25, 0.3) is 17.3 Å². The highest BCUT2D eigenvalue weighted by Crippen LogP contribution is 2.30. The Balaban J connectivity index is 0.000000214. The zero-order valence-electron chi connectivity index (χ0n) is 20.8. The molecule has 2 aliphatic rings. The Hall–Kier alpha value is -4.21. The van der Waals surface area contributed by atoms with Gasteiger partial charge in [-0.3, -0.25) is 14.5 Å². The molecular weight excluding hydrogens is 463 g/mol. The average Bonchev–Trinajstić information content (AvgIpc) is 3.50. The van der Waals surface area contributed by atoms with Crippen molar-refractivity contribution in [1.29, 1.82) is 0 Å². The van der Waals surface area contributed by atoms with Gasteiger partial charge in [0, 0.05) is 49.6 Å². The van der Waals surface area contributed by atoms with Crippen molar-refractivity contribution in [2.75, 3.05) is 25.7 Å². The number of nitrogens with zero attached hydrogens (tertiary/aromatic N) is 5. The number of hydrogen-bond acceptors (Lipinski definition) is 7. The first-order valence-corrected chi connectivity index (χ1v) is 11.5. The van der Waals surface area contributed by atoms with E-state index >= 15 is 0 Å². The molecule has 5 rings (SSSR count). The fraction of sp³-hybridized carbons (Fsp3) is 0.308. The van der Waals surface area contributed by atoms with Crippen molar-refractivity contribution in [2.24, 2.45) is 7.05 Å². The maximum absolute atomic E-state index is 13.1. The van der Waals surface area contributed by atoms with E-state index in [-0.39, 0.29) is 23.5 Å². The maximum atomic E-state index is 13.1. The maximum Gasteiger partial charge on any atom is 0.220 e. The summed E-state index contributed by atoms with van der Waals surface area (Å²) in [5.41, 5.74) is 3.86. The molecule has 0 saturated carbocycles. The van der Waals surface area contributed by atoms with E-state index in [2.05, 4.69) is 22.0 Å². The standard InChI is InChI=1S/C17H18N6O.C9H11FO2/c1-11-3-5-14-17(23(11)10-13-4-6-16(24)20-13)21-15(8-18-14)12-7-19-22(2)9-12;1-6-4-7(11-2)5-8(12-3)9(6)10/h3,5,7-9,13H,1,4,6,10H2,2H3,(H,20,24);4-5H,1-3H3. The number of amides is 1. The molecular formula is C26H29FN6O3. The van der Waals surface area contributed by atoms with Crippen molar-refractivity contribution in [3.8, 4) is 22.8 Å². The van der Waals surface area contributed by atoms with Crippen LogP contribution >= 0.6 is 0 Å². The van der Waals surface area contributed by atoms with E-state index in [0.29, 0.717) is 24.3 Å². The van der Waals surface area contributed by atoms with Crippen molar-refractivity contribution < 1.29 is 18.7 Å². The molecule has 0 bridgehead atoms. The van der Waals surface area contributed by atoms with Crippen molar-refractivity contribution >= 4 is 17.8 Å². The molecule has 1 unspecified atom stereocenters. The zero-order chi connectivity index (χ0) is 25.8. The van der Waals surface area contributed by atoms with E-state index < -0.39 is 0 Å². The predicted molar refractivity (Wildman–Crippen MR) is 135 cm³/mol. The summed E-state index contributed by atoms with van der Waals surface area (Å²) in [6.07, 6.45) is 10.7. The van der Waals surface area contributed by atoms with E-state index in [4.69, 9.17) is 14.5 Å². The number of carbonyl (C=O) groups excluding carboxylic acids is 1. The number of aromatic nitrogens is 4. The zero-order valence-corrected chi connectivity index (χ0v) is 20.8. The number of halogens is 1. The lowest BCUT2D eigenvalue weighted by atomic mass is 10.1. The summed E-state index contributed by atoms with van der Waals surface area (Å²) in [6.45, 7) is 6.42. The number of nitrogens with one attached hydrogen (secondary N) is 1. The molecule has 0 radical (unpaired) electrons. The summed E-state index contributed by atoms with van der Waals surface area (Å²) in [6, 6.07) is 3.25. The minimum atomic E-state index is -0.335. The van der Waals surface area contributed by atoms with Crippen LogP contribution in [0.4, 0.5) is 10.2 Å². The van der Waals surface area contributed by atoms with Crippen molar-refractivity contribution in [1.82, 2.24) is 25.1 Å². The highest BCUT2D eigenvalue weighted by molar-refractivity contribution is 5.79. The van der Waals surface area contributed by atoms with Gasteiger partial charge in [-0.05, 0) is 37.1 Å². The lowest BCUT2D eigenvalue weighted by Gasteiger charge is -2.30. The molecule has 3 aromatic rings. The van der Waals surface area contributed by atoms with Crippen LogP contribution in [0.2, 0.25) is 0 Å². The Labute approximate surface area is 209 Å². The minimum Gasteiger partial charge on any atom is -0.497 e. The van der Waals surface area contributed by atoms with Crippen LogP contribution < -0.4 is 19.7 Å². The fourth-order valence-corrected chi connectivity index (χ4v) is 4.01. The highest BCUT2D eigenvalue weighted by Gasteiger charge is 2.27. The molecule has 1 atom stereocenters. The van der Waals surface area contributed by atoms with Gasteiger partial charge >= 0.3 is 0 Å². The molecule has 10 heteroatoms. The van der Waals surface area contributed by atoms with Crippen LogP contribution in [0.1, 0.15) is 24.1 Å². The van der Waals surface area contributed by atoms with Gasteiger partial charge in [0.1, 0.15) is 11.4 Å². The number of benzene rings is 1. The summed E-state index contributed by atoms with van der Waals surface area (Å²) < 4.78 is 24.6. The first-order chi connectivity index (χ1) is 17.3. The smallest absolute Gasteiger partial charge is 0.220 e. The van der Waals surface area contributed by atoms with Gasteiger partial charge in [-0.2, -0.15) is 5.10 Å². The van der Waals surface area contributed by atoms with E-state index in [1.165, 1.54) is 20.3 Å². The number of methoxy groups -OCH3 is 2. The van der Waals surface area contributed by atoms with E-state index in [1.54, 1.807) is 30.1 Å². The molecule has 0 aliphatic carbocycles. The Morgan fingerprint density at radius 2 is 2.03 bits per heavy atom. The van der Waals surface area contributed by atoms with Gasteiger partial charge in [0.2, 0.25) is 5.91 Å². The van der Waals surface area contributed by atoms with Crippen LogP contribution in [0, 0.1) is 12.7 Å². The molecule has 0 spiro atoms. The molecule has 1 N–H and O–H groups in total. The van der Waals surface area contributed by atoms with Gasteiger partial charge in [-0.15, -0.1) is 0 Å². The minimum absolute atomic E-state index is 0.105. The first-order valence-electron chi connectivity index (χ1n) is 11.5. The van der Waals surface area contributed by atoms with E-state index in [9.17, 15) is 9.18 Å². The predicted octanol–water partition coefficient (Wildman–Crippen LogP) is 3.65. The molecule has 2 aromatic heterocycles. The van der Waals surface area contributed by atoms with Crippen LogP contribution in [0.3, 0.4) is 0 Å². The van der Waals surface area contributed by atoms with Gasteiger partial charge in [-0.25, -0.2) is 9.37 Å². The molecule has 1 saturated heterocycles. The second-order valence-corrected chi connectivity index (χ2v) is 8.57. The van der Waals surface area contributed by atoms with Gasteiger partial charge < -0.3 is 19.7 Å². The van der Waals surface area contributed by atoms with Crippen molar-refractivity contribution in [2.45, 2.75) is 25.8 Å². The number of carbonyl (C=O) groups is 1. The lowest BCUT2D eigenvalue weighted by Crippen LogP contribution is -2.39. The van der Waals surface area contributed by atoms with Crippen LogP contribution in [-0.4, -0.2) is 52.5 Å². The Bertz CT molecular complexity index is 1320. The van der Waals surface area contributed by atoms with E-state index in [1.807, 2.05) is 30.3 Å². The Morgan fingerprint density at radius 3 is 2.67 bits per heavy atom. The average molecular weight is 493 g/mol. The molecule has 2 aliphatic heterocycles. The SMILES string of the molecule is C=C1C=Cc2ncc(-c3cnn(C)c3)nc2N1CC1CCC(=O)N1.COc1cc(C)c(F)c(OC)c1. The molecule has 9 nitrogen and oxygen atoms in total. The van der Waals surface area contributed by atoms with Crippen LogP contribution in [0.15, 0.2) is 49.1 Å². The summed E-state index contributed by atoms with van der Waals surface area (Å²) in [7, 11) is 4.83.